The van der Waals surface area contributed by atoms with Crippen molar-refractivity contribution in [3.05, 3.63) is 58.1 Å². The van der Waals surface area contributed by atoms with Crippen molar-refractivity contribution in [2.45, 2.75) is 6.92 Å². The van der Waals surface area contributed by atoms with Crippen molar-refractivity contribution in [1.29, 1.82) is 0 Å². The number of anilines is 1. The fourth-order valence-electron chi connectivity index (χ4n) is 1.83. The number of nitrogen functional groups attached to an aromatic ring is 1. The van der Waals surface area contributed by atoms with Gasteiger partial charge in [-0.25, -0.2) is 0 Å². The number of amides is 1. The number of nitrogens with two attached hydrogens (primary N) is 1. The van der Waals surface area contributed by atoms with Gasteiger partial charge in [0.25, 0.3) is 5.91 Å². The van der Waals surface area contributed by atoms with Gasteiger partial charge in [-0.2, -0.15) is 0 Å². The summed E-state index contributed by atoms with van der Waals surface area (Å²) in [7, 11) is 0. The molecule has 0 aliphatic rings. The topological polar surface area (TPSA) is 64.3 Å². The van der Waals surface area contributed by atoms with E-state index in [1.165, 1.54) is 0 Å². The molecule has 0 aliphatic heterocycles. The molecular formula is C16H17BrN2O2. The van der Waals surface area contributed by atoms with Crippen LogP contribution in [0.25, 0.3) is 0 Å². The summed E-state index contributed by atoms with van der Waals surface area (Å²) in [6.45, 7) is 2.86. The second kappa shape index (κ2) is 7.13. The van der Waals surface area contributed by atoms with Crippen molar-refractivity contribution in [2.75, 3.05) is 18.9 Å². The summed E-state index contributed by atoms with van der Waals surface area (Å²) < 4.78 is 6.35. The highest BCUT2D eigenvalue weighted by molar-refractivity contribution is 9.10. The molecule has 3 N–H and O–H groups in total. The summed E-state index contributed by atoms with van der Waals surface area (Å²) in [5, 5.41) is 2.80. The van der Waals surface area contributed by atoms with Gasteiger partial charge in [0.05, 0.1) is 6.54 Å². The second-order valence-corrected chi connectivity index (χ2v) is 5.51. The molecule has 110 valence electrons. The number of carbonyl (C=O) groups excluding carboxylic acids is 1. The third-order valence-corrected chi connectivity index (χ3v) is 3.63. The molecule has 1 amide bonds. The molecule has 0 saturated heterocycles. The van der Waals surface area contributed by atoms with Crippen molar-refractivity contribution in [3.8, 4) is 5.75 Å². The third-order valence-electron chi connectivity index (χ3n) is 2.90. The normalized spacial score (nSPS) is 10.2. The van der Waals surface area contributed by atoms with Crippen LogP contribution in [0.4, 0.5) is 5.69 Å². The van der Waals surface area contributed by atoms with Crippen molar-refractivity contribution >= 4 is 27.5 Å². The number of carbonyl (C=O) groups is 1. The number of hydrogen-bond acceptors (Lipinski definition) is 3. The Balaban J connectivity index is 1.80. The Kier molecular flexibility index (Phi) is 5.22. The van der Waals surface area contributed by atoms with Crippen molar-refractivity contribution in [1.82, 2.24) is 5.32 Å². The van der Waals surface area contributed by atoms with Gasteiger partial charge in [0, 0.05) is 15.7 Å². The van der Waals surface area contributed by atoms with Crippen molar-refractivity contribution in [3.63, 3.8) is 0 Å². The average Bonchev–Trinajstić information content (AvgIpc) is 2.46. The number of ether oxygens (including phenoxy) is 1. The first kappa shape index (κ1) is 15.4. The van der Waals surface area contributed by atoms with Crippen LogP contribution in [0.2, 0.25) is 0 Å². The Bertz CT molecular complexity index is 644. The van der Waals surface area contributed by atoms with Crippen LogP contribution in [0.1, 0.15) is 15.9 Å². The highest BCUT2D eigenvalue weighted by Crippen LogP contribution is 2.20. The van der Waals surface area contributed by atoms with E-state index in [4.69, 9.17) is 10.5 Å². The molecule has 0 atom stereocenters. The van der Waals surface area contributed by atoms with E-state index >= 15 is 0 Å². The monoisotopic (exact) mass is 348 g/mol. The van der Waals surface area contributed by atoms with E-state index < -0.39 is 0 Å². The lowest BCUT2D eigenvalue weighted by molar-refractivity contribution is 0.0947. The summed E-state index contributed by atoms with van der Waals surface area (Å²) in [5.41, 5.74) is 7.97. The third kappa shape index (κ3) is 4.49. The molecule has 0 unspecified atom stereocenters. The zero-order valence-corrected chi connectivity index (χ0v) is 13.3. The minimum atomic E-state index is -0.165. The van der Waals surface area contributed by atoms with E-state index in [1.54, 1.807) is 18.2 Å². The van der Waals surface area contributed by atoms with E-state index in [0.717, 1.165) is 15.8 Å². The summed E-state index contributed by atoms with van der Waals surface area (Å²) in [6, 6.07) is 12.9. The highest BCUT2D eigenvalue weighted by atomic mass is 79.9. The molecular weight excluding hydrogens is 332 g/mol. The lowest BCUT2D eigenvalue weighted by Gasteiger charge is -2.09. The molecule has 0 aromatic heterocycles. The first-order valence-electron chi connectivity index (χ1n) is 6.59. The van der Waals surface area contributed by atoms with Crippen molar-refractivity contribution in [2.24, 2.45) is 0 Å². The number of benzene rings is 2. The fourth-order valence-corrected chi connectivity index (χ4v) is 2.07. The largest absolute Gasteiger partial charge is 0.492 e. The standard InChI is InChI=1S/C16H17BrN2O2/c1-11-3-2-4-13(9-11)21-8-7-19-16(20)12-5-6-14(17)15(18)10-12/h2-6,9-10H,7-8,18H2,1H3,(H,19,20). The van der Waals surface area contributed by atoms with Crippen LogP contribution in [0.3, 0.4) is 0 Å². The lowest BCUT2D eigenvalue weighted by Crippen LogP contribution is -2.28. The van der Waals surface area contributed by atoms with Crippen LogP contribution in [0, 0.1) is 6.92 Å². The zero-order chi connectivity index (χ0) is 15.2. The van der Waals surface area contributed by atoms with E-state index in [-0.39, 0.29) is 5.91 Å². The minimum absolute atomic E-state index is 0.165. The van der Waals surface area contributed by atoms with Crippen LogP contribution >= 0.6 is 15.9 Å². The maximum Gasteiger partial charge on any atom is 0.251 e. The smallest absolute Gasteiger partial charge is 0.251 e. The molecule has 0 saturated carbocycles. The number of aryl methyl sites for hydroxylation is 1. The first-order chi connectivity index (χ1) is 10.1. The van der Waals surface area contributed by atoms with E-state index in [0.29, 0.717) is 24.4 Å². The molecule has 0 heterocycles. The van der Waals surface area contributed by atoms with Crippen LogP contribution in [-0.4, -0.2) is 19.1 Å². The van der Waals surface area contributed by atoms with Gasteiger partial charge in [0.1, 0.15) is 12.4 Å². The molecule has 21 heavy (non-hydrogen) atoms. The lowest BCUT2D eigenvalue weighted by atomic mass is 10.2. The summed E-state index contributed by atoms with van der Waals surface area (Å²) in [4.78, 5) is 11.9. The van der Waals surface area contributed by atoms with Gasteiger partial charge >= 0.3 is 0 Å². The average molecular weight is 349 g/mol. The molecule has 0 fully saturated rings. The van der Waals surface area contributed by atoms with E-state index in [9.17, 15) is 4.79 Å². The van der Waals surface area contributed by atoms with E-state index in [2.05, 4.69) is 21.2 Å². The van der Waals surface area contributed by atoms with Gasteiger partial charge in [-0.1, -0.05) is 12.1 Å². The Morgan fingerprint density at radius 3 is 2.81 bits per heavy atom. The number of rotatable bonds is 5. The molecule has 5 heteroatoms. The molecule has 4 nitrogen and oxygen atoms in total. The maximum atomic E-state index is 11.9. The molecule has 0 bridgehead atoms. The van der Waals surface area contributed by atoms with Crippen LogP contribution in [-0.2, 0) is 0 Å². The van der Waals surface area contributed by atoms with Gasteiger partial charge in [0.2, 0.25) is 0 Å². The van der Waals surface area contributed by atoms with Gasteiger partial charge in [0.15, 0.2) is 0 Å². The summed E-state index contributed by atoms with van der Waals surface area (Å²) in [5.74, 6) is 0.638. The molecule has 2 aromatic rings. The van der Waals surface area contributed by atoms with Gasteiger partial charge in [-0.15, -0.1) is 0 Å². The predicted molar refractivity (Wildman–Crippen MR) is 87.6 cm³/mol. The van der Waals surface area contributed by atoms with Crippen LogP contribution in [0.5, 0.6) is 5.75 Å². The van der Waals surface area contributed by atoms with Crippen LogP contribution < -0.4 is 15.8 Å². The Morgan fingerprint density at radius 1 is 1.29 bits per heavy atom. The first-order valence-corrected chi connectivity index (χ1v) is 7.38. The van der Waals surface area contributed by atoms with Crippen molar-refractivity contribution < 1.29 is 9.53 Å². The number of halogens is 1. The second-order valence-electron chi connectivity index (χ2n) is 4.66. The Labute approximate surface area is 132 Å². The number of hydrogen-bond donors (Lipinski definition) is 2. The quantitative estimate of drug-likeness (QED) is 0.644. The summed E-state index contributed by atoms with van der Waals surface area (Å²) >= 11 is 3.30. The van der Waals surface area contributed by atoms with Gasteiger partial charge < -0.3 is 15.8 Å². The molecule has 2 rings (SSSR count). The highest BCUT2D eigenvalue weighted by Gasteiger charge is 2.06. The van der Waals surface area contributed by atoms with Gasteiger partial charge in [-0.3, -0.25) is 4.79 Å². The summed E-state index contributed by atoms with van der Waals surface area (Å²) in [6.07, 6.45) is 0. The Morgan fingerprint density at radius 2 is 2.10 bits per heavy atom. The zero-order valence-electron chi connectivity index (χ0n) is 11.7. The molecule has 0 spiro atoms. The maximum absolute atomic E-state index is 11.9. The van der Waals surface area contributed by atoms with Gasteiger partial charge in [-0.05, 0) is 58.7 Å². The minimum Gasteiger partial charge on any atom is -0.492 e. The fraction of sp³-hybridized carbons (Fsp3) is 0.188. The molecule has 0 aliphatic carbocycles. The van der Waals surface area contributed by atoms with E-state index in [1.807, 2.05) is 31.2 Å². The molecule has 2 aromatic carbocycles. The number of nitrogens with one attached hydrogen (secondary N) is 1. The van der Waals surface area contributed by atoms with Crippen LogP contribution in [0.15, 0.2) is 46.9 Å². The Hall–Kier alpha value is -2.01. The molecule has 0 radical (unpaired) electrons. The predicted octanol–water partition coefficient (Wildman–Crippen LogP) is 3.15. The SMILES string of the molecule is Cc1cccc(OCCNC(=O)c2ccc(Br)c(N)c2)c1.